The maximum Gasteiger partial charge on any atom is 0.416 e. The van der Waals surface area contributed by atoms with Gasteiger partial charge in [-0.05, 0) is 43.0 Å². The second-order valence-corrected chi connectivity index (χ2v) is 8.06. The van der Waals surface area contributed by atoms with Gasteiger partial charge in [0.15, 0.2) is 5.78 Å². The summed E-state index contributed by atoms with van der Waals surface area (Å²) >= 11 is 0. The number of piperidine rings is 1. The van der Waals surface area contributed by atoms with Gasteiger partial charge < -0.3 is 4.74 Å². The molecule has 0 saturated carbocycles. The van der Waals surface area contributed by atoms with Crippen molar-refractivity contribution in [3.63, 3.8) is 0 Å². The Labute approximate surface area is 168 Å². The first-order valence-corrected chi connectivity index (χ1v) is 9.92. The molecular weight excluding hydrogens is 379 g/mol. The van der Waals surface area contributed by atoms with Crippen molar-refractivity contribution in [3.05, 3.63) is 70.8 Å². The van der Waals surface area contributed by atoms with Crippen LogP contribution in [0.15, 0.2) is 48.5 Å². The quantitative estimate of drug-likeness (QED) is 0.682. The molecule has 154 valence electrons. The Morgan fingerprint density at radius 3 is 2.31 bits per heavy atom. The Balaban J connectivity index is 1.50. The predicted octanol–water partition coefficient (Wildman–Crippen LogP) is 4.88. The zero-order valence-corrected chi connectivity index (χ0v) is 16.3. The average Bonchev–Trinajstić information content (AvgIpc) is 2.67. The molecule has 2 aromatic rings. The maximum atomic E-state index is 13.1. The van der Waals surface area contributed by atoms with E-state index in [-0.39, 0.29) is 29.3 Å². The van der Waals surface area contributed by atoms with Crippen molar-refractivity contribution in [2.75, 3.05) is 13.2 Å². The normalized spacial score (nSPS) is 25.0. The molecule has 0 amide bonds. The van der Waals surface area contributed by atoms with Gasteiger partial charge in [0.05, 0.1) is 18.8 Å². The van der Waals surface area contributed by atoms with Crippen molar-refractivity contribution in [3.8, 4) is 0 Å². The zero-order chi connectivity index (χ0) is 20.6. The molecule has 3 nitrogen and oxygen atoms in total. The van der Waals surface area contributed by atoms with Gasteiger partial charge in [0.1, 0.15) is 0 Å². The first kappa shape index (κ1) is 20.1. The van der Waals surface area contributed by atoms with Crippen LogP contribution in [-0.2, 0) is 17.5 Å². The van der Waals surface area contributed by atoms with Crippen molar-refractivity contribution in [2.45, 2.75) is 44.6 Å². The van der Waals surface area contributed by atoms with Crippen LogP contribution in [0.5, 0.6) is 0 Å². The minimum Gasteiger partial charge on any atom is -0.378 e. The first-order valence-electron chi connectivity index (χ1n) is 9.92. The minimum atomic E-state index is -4.40. The van der Waals surface area contributed by atoms with Gasteiger partial charge in [-0.15, -0.1) is 0 Å². The zero-order valence-electron chi connectivity index (χ0n) is 16.3. The maximum absolute atomic E-state index is 13.1. The van der Waals surface area contributed by atoms with Crippen molar-refractivity contribution < 1.29 is 22.7 Å². The van der Waals surface area contributed by atoms with Crippen LogP contribution in [0.3, 0.4) is 0 Å². The number of halogens is 3. The summed E-state index contributed by atoms with van der Waals surface area (Å²) in [6.07, 6.45) is -3.06. The molecule has 0 aliphatic carbocycles. The van der Waals surface area contributed by atoms with Crippen LogP contribution in [-0.4, -0.2) is 36.0 Å². The number of rotatable bonds is 4. The van der Waals surface area contributed by atoms with Crippen molar-refractivity contribution in [2.24, 2.45) is 5.92 Å². The van der Waals surface area contributed by atoms with Crippen molar-refractivity contribution in [1.82, 2.24) is 4.90 Å². The van der Waals surface area contributed by atoms with Gasteiger partial charge >= 0.3 is 6.18 Å². The van der Waals surface area contributed by atoms with Crippen LogP contribution in [0, 0.1) is 12.8 Å². The lowest BCUT2D eigenvalue weighted by Crippen LogP contribution is -2.57. The molecule has 2 atom stereocenters. The molecule has 0 radical (unpaired) electrons. The Kier molecular flexibility index (Phi) is 5.49. The fourth-order valence-corrected chi connectivity index (χ4v) is 4.63. The molecule has 29 heavy (non-hydrogen) atoms. The highest BCUT2D eigenvalue weighted by Gasteiger charge is 2.41. The van der Waals surface area contributed by atoms with Crippen molar-refractivity contribution >= 4 is 5.78 Å². The summed E-state index contributed by atoms with van der Waals surface area (Å²) < 4.78 is 44.8. The summed E-state index contributed by atoms with van der Waals surface area (Å²) in [6.45, 7) is 3.39. The highest BCUT2D eigenvalue weighted by molar-refractivity contribution is 5.98. The summed E-state index contributed by atoms with van der Waals surface area (Å²) in [7, 11) is 0. The highest BCUT2D eigenvalue weighted by atomic mass is 19.4. The van der Waals surface area contributed by atoms with E-state index in [0.29, 0.717) is 31.6 Å². The number of fused-ring (bicyclic) bond motifs is 2. The molecule has 0 N–H and O–H groups in total. The van der Waals surface area contributed by atoms with Gasteiger partial charge in [-0.1, -0.05) is 36.4 Å². The molecule has 0 aromatic heterocycles. The Morgan fingerprint density at radius 2 is 1.72 bits per heavy atom. The van der Waals surface area contributed by atoms with Crippen molar-refractivity contribution in [1.29, 1.82) is 0 Å². The minimum absolute atomic E-state index is 0.0573. The smallest absolute Gasteiger partial charge is 0.378 e. The average molecular weight is 403 g/mol. The van der Waals surface area contributed by atoms with Crippen LogP contribution in [0.1, 0.15) is 39.9 Å². The summed E-state index contributed by atoms with van der Waals surface area (Å²) in [5, 5.41) is 0. The molecule has 2 saturated heterocycles. The van der Waals surface area contributed by atoms with Crippen LogP contribution >= 0.6 is 0 Å². The molecule has 0 spiro atoms. The lowest BCUT2D eigenvalue weighted by Gasteiger charge is -2.48. The third-order valence-electron chi connectivity index (χ3n) is 6.07. The van der Waals surface area contributed by atoms with E-state index in [4.69, 9.17) is 4.74 Å². The molecule has 6 heteroatoms. The van der Waals surface area contributed by atoms with E-state index in [1.807, 2.05) is 18.2 Å². The standard InChI is InChI=1S/C23H24F3NO2/c1-15-9-17(7-8-21(15)23(24,25)26)22(28)18-10-19-13-29-14-20(11-18)27(19)12-16-5-3-2-4-6-16/h2-9,18-20H,10-14H2,1H3. The number of carbonyl (C=O) groups is 1. The lowest BCUT2D eigenvalue weighted by atomic mass is 9.80. The number of carbonyl (C=O) groups excluding carboxylic acids is 1. The number of ketones is 1. The van der Waals surface area contributed by atoms with Gasteiger partial charge in [0, 0.05) is 30.1 Å². The second kappa shape index (κ2) is 7.92. The van der Waals surface area contributed by atoms with E-state index < -0.39 is 11.7 Å². The Bertz CT molecular complexity index is 867. The molecule has 2 fully saturated rings. The summed E-state index contributed by atoms with van der Waals surface area (Å²) in [5.41, 5.74) is 1.01. The third-order valence-corrected chi connectivity index (χ3v) is 6.07. The van der Waals surface area contributed by atoms with E-state index in [1.165, 1.54) is 24.6 Å². The Morgan fingerprint density at radius 1 is 1.07 bits per heavy atom. The van der Waals surface area contributed by atoms with E-state index in [1.54, 1.807) is 0 Å². The molecule has 2 unspecified atom stereocenters. The fraction of sp³-hybridized carbons (Fsp3) is 0.435. The van der Waals surface area contributed by atoms with E-state index in [2.05, 4.69) is 17.0 Å². The molecule has 2 heterocycles. The number of ether oxygens (including phenoxy) is 1. The third kappa shape index (κ3) is 4.23. The number of Topliss-reactive ketones (excluding diaryl/α,β-unsaturated/α-hetero) is 1. The van der Waals surface area contributed by atoms with E-state index >= 15 is 0 Å². The first-order chi connectivity index (χ1) is 13.8. The lowest BCUT2D eigenvalue weighted by molar-refractivity contribution is -0.138. The second-order valence-electron chi connectivity index (χ2n) is 8.06. The van der Waals surface area contributed by atoms with Crippen LogP contribution in [0.2, 0.25) is 0 Å². The summed E-state index contributed by atoms with van der Waals surface area (Å²) in [5.74, 6) is -0.241. The van der Waals surface area contributed by atoms with Crippen LogP contribution < -0.4 is 0 Å². The number of nitrogens with zero attached hydrogens (tertiary/aromatic N) is 1. The Hall–Kier alpha value is -2.18. The monoisotopic (exact) mass is 403 g/mol. The molecule has 4 rings (SSSR count). The molecule has 2 aliphatic rings. The fourth-order valence-electron chi connectivity index (χ4n) is 4.63. The number of aryl methyl sites for hydroxylation is 1. The van der Waals surface area contributed by atoms with Crippen LogP contribution in [0.25, 0.3) is 0 Å². The molecular formula is C23H24F3NO2. The van der Waals surface area contributed by atoms with Gasteiger partial charge in [0.25, 0.3) is 0 Å². The molecule has 2 aliphatic heterocycles. The molecule has 2 bridgehead atoms. The number of hydrogen-bond donors (Lipinski definition) is 0. The topological polar surface area (TPSA) is 29.5 Å². The van der Waals surface area contributed by atoms with Gasteiger partial charge in [-0.25, -0.2) is 0 Å². The number of morpholine rings is 1. The number of alkyl halides is 3. The molecule has 2 aromatic carbocycles. The predicted molar refractivity (Wildman–Crippen MR) is 104 cm³/mol. The van der Waals surface area contributed by atoms with Crippen LogP contribution in [0.4, 0.5) is 13.2 Å². The largest absolute Gasteiger partial charge is 0.416 e. The van der Waals surface area contributed by atoms with E-state index in [0.717, 1.165) is 12.6 Å². The summed E-state index contributed by atoms with van der Waals surface area (Å²) in [6, 6.07) is 14.2. The number of benzene rings is 2. The summed E-state index contributed by atoms with van der Waals surface area (Å²) in [4.78, 5) is 15.5. The van der Waals surface area contributed by atoms with Gasteiger partial charge in [0.2, 0.25) is 0 Å². The van der Waals surface area contributed by atoms with Gasteiger partial charge in [-0.3, -0.25) is 9.69 Å². The number of hydrogen-bond acceptors (Lipinski definition) is 3. The SMILES string of the molecule is Cc1cc(C(=O)C2CC3COCC(C2)N3Cc2ccccc2)ccc1C(F)(F)F. The highest BCUT2D eigenvalue weighted by Crippen LogP contribution is 2.36. The van der Waals surface area contributed by atoms with E-state index in [9.17, 15) is 18.0 Å². The van der Waals surface area contributed by atoms with Gasteiger partial charge in [-0.2, -0.15) is 13.2 Å².